The molecule has 0 heterocycles. The van der Waals surface area contributed by atoms with Crippen molar-refractivity contribution < 1.29 is 27.0 Å². The number of carbonyl (C=O) groups excluding carboxylic acids is 1. The molecule has 0 aliphatic carbocycles. The number of aromatic hydroxyl groups is 3. The normalized spacial score (nSPS) is 15.7. The highest BCUT2D eigenvalue weighted by molar-refractivity contribution is 6.03. The SMILES string of the molecule is [2H]c1cc(C(C)C(=O)c2cc([2H])c(O)c([2H])c2O)c([2H])c([2H])c1O. The summed E-state index contributed by atoms with van der Waals surface area (Å²) in [5, 5.41) is 28.8. The van der Waals surface area contributed by atoms with Crippen LogP contribution in [0.15, 0.2) is 42.3 Å². The molecule has 0 saturated heterocycles. The highest BCUT2D eigenvalue weighted by atomic mass is 16.3. The van der Waals surface area contributed by atoms with Crippen LogP contribution in [0.3, 0.4) is 0 Å². The van der Waals surface area contributed by atoms with E-state index in [1.165, 1.54) is 6.92 Å². The van der Waals surface area contributed by atoms with Gasteiger partial charge in [0.05, 0.1) is 12.4 Å². The van der Waals surface area contributed by atoms with Crippen molar-refractivity contribution in [2.45, 2.75) is 12.8 Å². The minimum absolute atomic E-state index is 0.00154. The molecule has 19 heavy (non-hydrogen) atoms. The van der Waals surface area contributed by atoms with E-state index in [0.29, 0.717) is 0 Å². The Morgan fingerprint density at radius 2 is 1.79 bits per heavy atom. The molecule has 3 N–H and O–H groups in total. The van der Waals surface area contributed by atoms with Crippen LogP contribution in [0, 0.1) is 0 Å². The minimum atomic E-state index is -1.07. The molecule has 98 valence electrons. The van der Waals surface area contributed by atoms with Crippen LogP contribution in [0.1, 0.15) is 35.6 Å². The van der Waals surface area contributed by atoms with E-state index in [1.807, 2.05) is 0 Å². The maximum atomic E-state index is 12.6. The molecule has 0 aliphatic heterocycles. The van der Waals surface area contributed by atoms with Gasteiger partial charge in [-0.1, -0.05) is 19.0 Å². The molecule has 4 heteroatoms. The molecule has 2 aromatic rings. The fraction of sp³-hybridized carbons (Fsp3) is 0.133. The molecule has 0 bridgehead atoms. The molecule has 4 nitrogen and oxygen atoms in total. The van der Waals surface area contributed by atoms with Gasteiger partial charge in [0.15, 0.2) is 5.78 Å². The molecule has 0 aromatic heterocycles. The molecule has 0 radical (unpaired) electrons. The van der Waals surface area contributed by atoms with Gasteiger partial charge < -0.3 is 15.3 Å². The van der Waals surface area contributed by atoms with Gasteiger partial charge in [-0.2, -0.15) is 0 Å². The van der Waals surface area contributed by atoms with Crippen molar-refractivity contribution in [1.29, 1.82) is 0 Å². The summed E-state index contributed by atoms with van der Waals surface area (Å²) in [7, 11) is 0. The van der Waals surface area contributed by atoms with Gasteiger partial charge in [0.25, 0.3) is 0 Å². The van der Waals surface area contributed by atoms with Crippen LogP contribution in [0.2, 0.25) is 0 Å². The Bertz CT molecular complexity index is 851. The van der Waals surface area contributed by atoms with Crippen molar-refractivity contribution in [3.8, 4) is 17.2 Å². The minimum Gasteiger partial charge on any atom is -0.508 e. The first kappa shape index (κ1) is 7.84. The first-order valence-electron chi connectivity index (χ1n) is 7.93. The van der Waals surface area contributed by atoms with Crippen molar-refractivity contribution in [2.75, 3.05) is 0 Å². The van der Waals surface area contributed by atoms with Crippen LogP contribution in [-0.2, 0) is 0 Å². The Balaban J connectivity index is 2.57. The van der Waals surface area contributed by atoms with Gasteiger partial charge in [0.1, 0.15) is 17.2 Å². The lowest BCUT2D eigenvalue weighted by Gasteiger charge is -2.12. The summed E-state index contributed by atoms with van der Waals surface area (Å²) in [6.45, 7) is 1.38. The molecular formula is C15H14O4. The zero-order valence-electron chi connectivity index (χ0n) is 15.0. The summed E-state index contributed by atoms with van der Waals surface area (Å²) in [4.78, 5) is 12.6. The summed E-state index contributed by atoms with van der Waals surface area (Å²) in [6.07, 6.45) is 0. The van der Waals surface area contributed by atoms with E-state index < -0.39 is 59.2 Å². The Kier molecular flexibility index (Phi) is 2.07. The Morgan fingerprint density at radius 1 is 1.11 bits per heavy atom. The van der Waals surface area contributed by atoms with E-state index in [4.69, 9.17) is 6.85 Å². The lowest BCUT2D eigenvalue weighted by Crippen LogP contribution is -2.09. The van der Waals surface area contributed by atoms with Crippen molar-refractivity contribution in [1.82, 2.24) is 0 Å². The van der Waals surface area contributed by atoms with Gasteiger partial charge in [-0.05, 0) is 29.8 Å². The zero-order chi connectivity index (χ0) is 18.3. The summed E-state index contributed by atoms with van der Waals surface area (Å²) in [5.41, 5.74) is -0.376. The number of rotatable bonds is 3. The molecule has 0 saturated carbocycles. The lowest BCUT2D eigenvalue weighted by molar-refractivity contribution is 0.0963. The van der Waals surface area contributed by atoms with E-state index in [2.05, 4.69) is 0 Å². The molecule has 2 aromatic carbocycles. The topological polar surface area (TPSA) is 77.8 Å². The summed E-state index contributed by atoms with van der Waals surface area (Å²) >= 11 is 0. The van der Waals surface area contributed by atoms with Crippen molar-refractivity contribution >= 4 is 5.78 Å². The molecule has 0 spiro atoms. The number of carbonyl (C=O) groups is 1. The Morgan fingerprint density at radius 3 is 2.53 bits per heavy atom. The monoisotopic (exact) mass is 263 g/mol. The fourth-order valence-corrected chi connectivity index (χ4v) is 1.57. The average Bonchev–Trinajstić information content (AvgIpc) is 2.56. The summed E-state index contributed by atoms with van der Waals surface area (Å²) in [6, 6.07) is -0.699. The van der Waals surface area contributed by atoms with E-state index >= 15 is 0 Å². The van der Waals surface area contributed by atoms with Crippen LogP contribution < -0.4 is 0 Å². The first-order valence-corrected chi connectivity index (χ1v) is 5.43. The van der Waals surface area contributed by atoms with Gasteiger partial charge in [0, 0.05) is 12.0 Å². The average molecular weight is 263 g/mol. The third-order valence-corrected chi connectivity index (χ3v) is 2.66. The highest BCUT2D eigenvalue weighted by Gasteiger charge is 2.20. The van der Waals surface area contributed by atoms with Crippen LogP contribution in [0.25, 0.3) is 0 Å². The smallest absolute Gasteiger partial charge is 0.173 e. The second-order valence-electron chi connectivity index (χ2n) is 3.95. The molecule has 0 aliphatic rings. The summed E-state index contributed by atoms with van der Waals surface area (Å²) < 4.78 is 38.0. The van der Waals surface area contributed by atoms with Gasteiger partial charge in [-0.25, -0.2) is 0 Å². The van der Waals surface area contributed by atoms with Crippen molar-refractivity contribution in [3.05, 3.63) is 53.5 Å². The molecule has 0 fully saturated rings. The Hall–Kier alpha value is -2.49. The number of hydrogen-bond donors (Lipinski definition) is 3. The van der Waals surface area contributed by atoms with E-state index in [0.717, 1.165) is 12.1 Å². The maximum absolute atomic E-state index is 12.6. The zero-order valence-corrected chi connectivity index (χ0v) is 9.98. The maximum Gasteiger partial charge on any atom is 0.173 e. The van der Waals surface area contributed by atoms with E-state index in [1.54, 1.807) is 0 Å². The highest BCUT2D eigenvalue weighted by Crippen LogP contribution is 2.29. The third-order valence-electron chi connectivity index (χ3n) is 2.66. The second-order valence-corrected chi connectivity index (χ2v) is 3.95. The number of hydrogen-bond acceptors (Lipinski definition) is 4. The van der Waals surface area contributed by atoms with Gasteiger partial charge in [-0.15, -0.1) is 0 Å². The number of phenolic OH excluding ortho intramolecular Hbond substituents is 3. The number of benzene rings is 2. The van der Waals surface area contributed by atoms with Crippen LogP contribution in [0.4, 0.5) is 0 Å². The summed E-state index contributed by atoms with van der Waals surface area (Å²) in [5.74, 6) is -4.03. The predicted octanol–water partition coefficient (Wildman–Crippen LogP) is 2.79. The van der Waals surface area contributed by atoms with E-state index in [-0.39, 0.29) is 11.1 Å². The predicted molar refractivity (Wildman–Crippen MR) is 70.6 cm³/mol. The van der Waals surface area contributed by atoms with Crippen LogP contribution in [0.5, 0.6) is 17.2 Å². The van der Waals surface area contributed by atoms with Crippen molar-refractivity contribution in [2.24, 2.45) is 0 Å². The quantitative estimate of drug-likeness (QED) is 0.744. The van der Waals surface area contributed by atoms with Crippen molar-refractivity contribution in [3.63, 3.8) is 0 Å². The number of Topliss-reactive ketones (excluding diaryl/α,β-unsaturated/α-hetero) is 1. The number of ketones is 1. The molecule has 0 amide bonds. The molecule has 1 atom stereocenters. The second kappa shape index (κ2) is 5.02. The first-order chi connectivity index (χ1) is 11.1. The molecule has 1 unspecified atom stereocenters. The molecular weight excluding hydrogens is 244 g/mol. The fourth-order valence-electron chi connectivity index (χ4n) is 1.57. The van der Waals surface area contributed by atoms with Gasteiger partial charge in [0.2, 0.25) is 0 Å². The Labute approximate surface area is 117 Å². The van der Waals surface area contributed by atoms with E-state index in [9.17, 15) is 20.1 Å². The van der Waals surface area contributed by atoms with Crippen LogP contribution >= 0.6 is 0 Å². The third kappa shape index (κ3) is 2.68. The standard InChI is InChI=1S/C15H14O4/c1-9(10-2-4-11(16)5-3-10)15(19)13-7-6-12(17)8-14(13)18/h2-9,16-18H,1H3/i2D,4D,5D,6D,8D. The lowest BCUT2D eigenvalue weighted by atomic mass is 9.92. The van der Waals surface area contributed by atoms with Gasteiger partial charge >= 0.3 is 0 Å². The molecule has 2 rings (SSSR count). The van der Waals surface area contributed by atoms with Gasteiger partial charge in [-0.3, -0.25) is 4.79 Å². The van der Waals surface area contributed by atoms with Crippen LogP contribution in [-0.4, -0.2) is 21.1 Å². The largest absolute Gasteiger partial charge is 0.508 e. The number of phenols is 3.